The van der Waals surface area contributed by atoms with Crippen molar-refractivity contribution >= 4 is 18.1 Å². The van der Waals surface area contributed by atoms with Gasteiger partial charge in [-0.25, -0.2) is 0 Å². The van der Waals surface area contributed by atoms with Crippen molar-refractivity contribution in [1.82, 2.24) is 0 Å². The van der Waals surface area contributed by atoms with Gasteiger partial charge in [-0.3, -0.25) is 4.79 Å². The summed E-state index contributed by atoms with van der Waals surface area (Å²) in [5, 5.41) is 41.9. The molecule has 0 amide bonds. The molecule has 0 saturated heterocycles. The van der Waals surface area contributed by atoms with Crippen LogP contribution in [0.3, 0.4) is 0 Å². The molecule has 5 rings (SSSR count). The van der Waals surface area contributed by atoms with Crippen LogP contribution >= 0.6 is 0 Å². The van der Waals surface area contributed by atoms with Crippen LogP contribution in [0.15, 0.2) is 36.4 Å². The molecule has 2 aromatic carbocycles. The Balaban J connectivity index is 1.89. The lowest BCUT2D eigenvalue weighted by molar-refractivity contribution is -0.143. The summed E-state index contributed by atoms with van der Waals surface area (Å²) in [4.78, 5) is 12.2. The summed E-state index contributed by atoms with van der Waals surface area (Å²) in [5.74, 6) is -2.64. The van der Waals surface area contributed by atoms with Crippen molar-refractivity contribution in [2.75, 3.05) is 0 Å². The number of ether oxygens (including phenoxy) is 1. The molecule has 29 heavy (non-hydrogen) atoms. The van der Waals surface area contributed by atoms with Crippen molar-refractivity contribution in [2.45, 2.75) is 6.92 Å². The molecule has 1 saturated carbocycles. The van der Waals surface area contributed by atoms with Gasteiger partial charge in [0.25, 0.3) is 0 Å². The van der Waals surface area contributed by atoms with Crippen molar-refractivity contribution in [3.05, 3.63) is 52.4 Å². The zero-order chi connectivity index (χ0) is 20.6. The van der Waals surface area contributed by atoms with E-state index in [1.54, 1.807) is 18.2 Å². The summed E-state index contributed by atoms with van der Waals surface area (Å²) in [7, 11) is 0. The number of allylic oxidation sites excluding steroid dienone is 2. The first-order valence-corrected chi connectivity index (χ1v) is 9.50. The van der Waals surface area contributed by atoms with Crippen LogP contribution in [-0.2, 0) is 4.79 Å². The summed E-state index contributed by atoms with van der Waals surface area (Å²) < 4.78 is 5.81. The van der Waals surface area contributed by atoms with Crippen LogP contribution in [0.4, 0.5) is 0 Å². The minimum Gasteiger partial charge on any atom is -0.504 e. The average molecular weight is 392 g/mol. The maximum Gasteiger partial charge on any atom is 0.307 e. The van der Waals surface area contributed by atoms with Gasteiger partial charge in [-0.1, -0.05) is 37.8 Å². The number of aromatic hydroxyl groups is 3. The molecule has 3 aliphatic rings. The molecule has 0 radical (unpaired) electrons. The number of hydrogen-bond acceptors (Lipinski definition) is 5. The zero-order valence-corrected chi connectivity index (χ0v) is 15.7. The summed E-state index contributed by atoms with van der Waals surface area (Å²) in [6, 6.07) is 6.40. The second-order valence-corrected chi connectivity index (χ2v) is 8.06. The quantitative estimate of drug-likeness (QED) is 0.461. The van der Waals surface area contributed by atoms with E-state index in [1.807, 2.05) is 6.08 Å². The molecular formula is C23H20O6. The van der Waals surface area contributed by atoms with E-state index < -0.39 is 17.6 Å². The molecule has 1 aliphatic heterocycles. The standard InChI is InChI=1S/C23H20O6/c1-9-3-4-13-16(17-11-5-6-12(10(11)2)18(17)23(27)28)14-7-8-15(24)20(26)22(14)29-21(13)19(9)25/h3-8,10-12,17-18,24-26H,1H2,2H3,(H,27,28). The lowest BCUT2D eigenvalue weighted by Gasteiger charge is -2.31. The smallest absolute Gasteiger partial charge is 0.307 e. The number of fused-ring (bicyclic) bond motifs is 4. The van der Waals surface area contributed by atoms with Crippen LogP contribution in [0.5, 0.6) is 28.7 Å². The number of carboxylic acids is 1. The van der Waals surface area contributed by atoms with Crippen LogP contribution in [0, 0.1) is 29.6 Å². The summed E-state index contributed by atoms with van der Waals surface area (Å²) in [5.41, 5.74) is 1.22. The third-order valence-electron chi connectivity index (χ3n) is 6.71. The number of aliphatic carboxylic acids is 1. The van der Waals surface area contributed by atoms with Crippen LogP contribution in [0.1, 0.15) is 12.5 Å². The van der Waals surface area contributed by atoms with E-state index >= 15 is 0 Å². The second-order valence-electron chi connectivity index (χ2n) is 8.06. The molecule has 5 atom stereocenters. The van der Waals surface area contributed by atoms with Crippen molar-refractivity contribution < 1.29 is 30.0 Å². The Kier molecular flexibility index (Phi) is 3.53. The summed E-state index contributed by atoms with van der Waals surface area (Å²) in [6.07, 6.45) is 4.05. The number of carboxylic acid groups (broad SMARTS) is 1. The van der Waals surface area contributed by atoms with E-state index in [-0.39, 0.29) is 46.7 Å². The second kappa shape index (κ2) is 5.80. The highest BCUT2D eigenvalue weighted by molar-refractivity contribution is 5.85. The number of phenolic OH excluding ortho intramolecular Hbond substituents is 3. The number of phenols is 3. The lowest BCUT2D eigenvalue weighted by Crippen LogP contribution is -2.33. The molecule has 2 aliphatic carbocycles. The van der Waals surface area contributed by atoms with Gasteiger partial charge in [0.2, 0.25) is 5.75 Å². The van der Waals surface area contributed by atoms with Gasteiger partial charge in [0.05, 0.1) is 5.92 Å². The van der Waals surface area contributed by atoms with Gasteiger partial charge in [-0.2, -0.15) is 0 Å². The molecule has 1 heterocycles. The van der Waals surface area contributed by atoms with E-state index in [4.69, 9.17) is 4.74 Å². The maximum atomic E-state index is 12.2. The van der Waals surface area contributed by atoms with Gasteiger partial charge in [0.1, 0.15) is 0 Å². The number of rotatable bonds is 2. The average Bonchev–Trinajstić information content (AvgIpc) is 3.19. The van der Waals surface area contributed by atoms with Crippen LogP contribution in [0.2, 0.25) is 0 Å². The molecule has 6 nitrogen and oxygen atoms in total. The van der Waals surface area contributed by atoms with Crippen molar-refractivity contribution in [2.24, 2.45) is 29.6 Å². The van der Waals surface area contributed by atoms with Gasteiger partial charge >= 0.3 is 5.97 Å². The van der Waals surface area contributed by atoms with Gasteiger partial charge in [0, 0.05) is 21.9 Å². The van der Waals surface area contributed by atoms with Gasteiger partial charge in [-0.15, -0.1) is 0 Å². The van der Waals surface area contributed by atoms with Crippen molar-refractivity contribution in [3.8, 4) is 28.7 Å². The summed E-state index contributed by atoms with van der Waals surface area (Å²) in [6.45, 7) is 5.84. The van der Waals surface area contributed by atoms with E-state index in [2.05, 4.69) is 19.6 Å². The van der Waals surface area contributed by atoms with E-state index in [0.29, 0.717) is 21.6 Å². The highest BCUT2D eigenvalue weighted by atomic mass is 16.5. The minimum atomic E-state index is -0.873. The molecule has 6 heteroatoms. The molecule has 4 N–H and O–H groups in total. The van der Waals surface area contributed by atoms with Gasteiger partial charge in [0.15, 0.2) is 23.0 Å². The molecule has 1 fully saturated rings. The molecular weight excluding hydrogens is 372 g/mol. The summed E-state index contributed by atoms with van der Waals surface area (Å²) >= 11 is 0. The monoisotopic (exact) mass is 392 g/mol. The lowest BCUT2D eigenvalue weighted by atomic mass is 9.74. The van der Waals surface area contributed by atoms with E-state index in [0.717, 1.165) is 0 Å². The Morgan fingerprint density at radius 1 is 1.00 bits per heavy atom. The fourth-order valence-electron chi connectivity index (χ4n) is 5.34. The predicted molar refractivity (Wildman–Crippen MR) is 105 cm³/mol. The topological polar surface area (TPSA) is 107 Å². The van der Waals surface area contributed by atoms with E-state index in [9.17, 15) is 25.2 Å². The van der Waals surface area contributed by atoms with Crippen molar-refractivity contribution in [1.29, 1.82) is 0 Å². The Morgan fingerprint density at radius 3 is 2.45 bits per heavy atom. The Hall–Kier alpha value is -3.41. The minimum absolute atomic E-state index is 0.00687. The first-order chi connectivity index (χ1) is 13.8. The third-order valence-corrected chi connectivity index (χ3v) is 6.71. The predicted octanol–water partition coefficient (Wildman–Crippen LogP) is 2.29. The molecule has 0 aromatic heterocycles. The third kappa shape index (κ3) is 2.20. The van der Waals surface area contributed by atoms with Gasteiger partial charge in [-0.05, 0) is 35.5 Å². The fourth-order valence-corrected chi connectivity index (χ4v) is 5.34. The van der Waals surface area contributed by atoms with Gasteiger partial charge < -0.3 is 25.2 Å². The molecule has 5 unspecified atom stereocenters. The Bertz CT molecular complexity index is 1210. The number of benzene rings is 2. The fraction of sp³-hybridized carbons (Fsp3) is 0.261. The SMILES string of the molecule is C=c1ccc2c(c1O)Oc1c(ccc(O)c1O)C=2C1C2C=CC(C2C)C1C(=O)O. The molecule has 2 aromatic rings. The molecule has 0 spiro atoms. The largest absolute Gasteiger partial charge is 0.504 e. The van der Waals surface area contributed by atoms with E-state index in [1.165, 1.54) is 6.07 Å². The number of hydrogen-bond donors (Lipinski definition) is 4. The van der Waals surface area contributed by atoms with Crippen molar-refractivity contribution in [3.63, 3.8) is 0 Å². The maximum absolute atomic E-state index is 12.2. The molecule has 148 valence electrons. The van der Waals surface area contributed by atoms with Crippen LogP contribution < -0.4 is 15.2 Å². The number of carbonyl (C=O) groups is 1. The highest BCUT2D eigenvalue weighted by Gasteiger charge is 2.55. The Morgan fingerprint density at radius 2 is 1.72 bits per heavy atom. The highest BCUT2D eigenvalue weighted by Crippen LogP contribution is 2.58. The Labute approximate surface area is 166 Å². The zero-order valence-electron chi connectivity index (χ0n) is 15.7. The first-order valence-electron chi connectivity index (χ1n) is 9.50. The molecule has 2 bridgehead atoms. The normalized spacial score (nSPS) is 28.7. The van der Waals surface area contributed by atoms with Crippen LogP contribution in [0.25, 0.3) is 12.2 Å². The first kappa shape index (κ1) is 17.7. The van der Waals surface area contributed by atoms with Crippen LogP contribution in [-0.4, -0.2) is 26.4 Å².